The van der Waals surface area contributed by atoms with Crippen LogP contribution in [-0.2, 0) is 16.0 Å². The molecule has 136 valence electrons. The molecule has 0 spiro atoms. The van der Waals surface area contributed by atoms with E-state index in [1.807, 2.05) is 31.2 Å². The number of nitrogens with two attached hydrogens (primary N) is 1. The minimum Gasteiger partial charge on any atom is -0.365 e. The number of nitrogens with zero attached hydrogens (tertiary/aromatic N) is 2. The lowest BCUT2D eigenvalue weighted by Gasteiger charge is -2.18. The highest BCUT2D eigenvalue weighted by Gasteiger charge is 2.40. The van der Waals surface area contributed by atoms with Gasteiger partial charge in [-0.25, -0.2) is 4.39 Å². The van der Waals surface area contributed by atoms with Gasteiger partial charge in [0.05, 0.1) is 5.25 Å². The predicted octanol–water partition coefficient (Wildman–Crippen LogP) is 3.05. The summed E-state index contributed by atoms with van der Waals surface area (Å²) >= 11 is 1.13. The molecular formula is C20H16FN3O2S. The lowest BCUT2D eigenvalue weighted by Crippen LogP contribution is -2.31. The Labute approximate surface area is 160 Å². The third-order valence-corrected chi connectivity index (χ3v) is 5.54. The monoisotopic (exact) mass is 381 g/mol. The van der Waals surface area contributed by atoms with Crippen LogP contribution in [0.2, 0.25) is 0 Å². The highest BCUT2D eigenvalue weighted by molar-refractivity contribution is 8.05. The SMILES string of the molecule is Cc1ccccc1CC1SC(=C(C#N)C(N)=O)N(c2ccc(F)cc2)C1=O. The number of carbonyl (C=O) groups is 2. The van der Waals surface area contributed by atoms with E-state index >= 15 is 0 Å². The summed E-state index contributed by atoms with van der Waals surface area (Å²) in [5.41, 5.74) is 7.47. The van der Waals surface area contributed by atoms with Crippen molar-refractivity contribution >= 4 is 29.3 Å². The van der Waals surface area contributed by atoms with Crippen molar-refractivity contribution in [1.29, 1.82) is 5.26 Å². The first-order chi connectivity index (χ1) is 12.9. The zero-order chi connectivity index (χ0) is 19.6. The molecule has 27 heavy (non-hydrogen) atoms. The molecular weight excluding hydrogens is 365 g/mol. The quantitative estimate of drug-likeness (QED) is 0.651. The third-order valence-electron chi connectivity index (χ3n) is 4.28. The molecule has 0 radical (unpaired) electrons. The molecule has 3 rings (SSSR count). The van der Waals surface area contributed by atoms with E-state index in [0.717, 1.165) is 22.9 Å². The number of hydrogen-bond acceptors (Lipinski definition) is 4. The number of amides is 2. The molecule has 5 nitrogen and oxygen atoms in total. The molecule has 2 aromatic carbocycles. The van der Waals surface area contributed by atoms with Crippen LogP contribution in [0.15, 0.2) is 59.1 Å². The number of primary amides is 1. The number of halogens is 1. The number of rotatable bonds is 4. The van der Waals surface area contributed by atoms with Crippen LogP contribution >= 0.6 is 11.8 Å². The number of nitriles is 1. The van der Waals surface area contributed by atoms with E-state index in [2.05, 4.69) is 0 Å². The van der Waals surface area contributed by atoms with Crippen molar-refractivity contribution in [2.24, 2.45) is 5.73 Å². The Kier molecular flexibility index (Phi) is 5.28. The molecule has 1 atom stereocenters. The summed E-state index contributed by atoms with van der Waals surface area (Å²) in [5.74, 6) is -1.63. The molecule has 0 aromatic heterocycles. The van der Waals surface area contributed by atoms with Crippen molar-refractivity contribution in [3.05, 3.63) is 76.1 Å². The smallest absolute Gasteiger partial charge is 0.262 e. The van der Waals surface area contributed by atoms with E-state index in [-0.39, 0.29) is 16.5 Å². The lowest BCUT2D eigenvalue weighted by atomic mass is 10.0. The first kappa shape index (κ1) is 18.7. The number of anilines is 1. The highest BCUT2D eigenvalue weighted by Crippen LogP contribution is 2.42. The van der Waals surface area contributed by atoms with E-state index in [4.69, 9.17) is 5.73 Å². The largest absolute Gasteiger partial charge is 0.365 e. The van der Waals surface area contributed by atoms with Gasteiger partial charge >= 0.3 is 0 Å². The van der Waals surface area contributed by atoms with Gasteiger partial charge in [-0.1, -0.05) is 36.0 Å². The summed E-state index contributed by atoms with van der Waals surface area (Å²) in [4.78, 5) is 26.1. The fraction of sp³-hybridized carbons (Fsp3) is 0.150. The molecule has 1 unspecified atom stereocenters. The number of benzene rings is 2. The Bertz CT molecular complexity index is 979. The molecule has 0 aliphatic carbocycles. The fourth-order valence-corrected chi connectivity index (χ4v) is 4.17. The van der Waals surface area contributed by atoms with Gasteiger partial charge in [0.15, 0.2) is 0 Å². The summed E-state index contributed by atoms with van der Waals surface area (Å²) in [7, 11) is 0. The van der Waals surface area contributed by atoms with Crippen LogP contribution in [0.25, 0.3) is 0 Å². The van der Waals surface area contributed by atoms with Crippen LogP contribution < -0.4 is 10.6 Å². The van der Waals surface area contributed by atoms with Crippen LogP contribution in [0, 0.1) is 24.1 Å². The first-order valence-corrected chi connectivity index (χ1v) is 9.05. The zero-order valence-corrected chi connectivity index (χ0v) is 15.3. The predicted molar refractivity (Wildman–Crippen MR) is 102 cm³/mol. The normalized spacial score (nSPS) is 18.3. The average Bonchev–Trinajstić information content (AvgIpc) is 2.94. The van der Waals surface area contributed by atoms with Crippen LogP contribution in [0.1, 0.15) is 11.1 Å². The van der Waals surface area contributed by atoms with Crippen molar-refractivity contribution in [3.8, 4) is 6.07 Å². The summed E-state index contributed by atoms with van der Waals surface area (Å²) < 4.78 is 13.3. The lowest BCUT2D eigenvalue weighted by molar-refractivity contribution is -0.117. The van der Waals surface area contributed by atoms with E-state index in [1.165, 1.54) is 29.2 Å². The molecule has 2 N–H and O–H groups in total. The maximum absolute atomic E-state index is 13.3. The second-order valence-corrected chi connectivity index (χ2v) is 7.23. The van der Waals surface area contributed by atoms with E-state index in [1.54, 1.807) is 6.07 Å². The number of thioether (sulfide) groups is 1. The molecule has 1 fully saturated rings. The second kappa shape index (κ2) is 7.64. The first-order valence-electron chi connectivity index (χ1n) is 8.17. The number of aryl methyl sites for hydroxylation is 1. The zero-order valence-electron chi connectivity index (χ0n) is 14.5. The van der Waals surface area contributed by atoms with Gasteiger partial charge in [-0.05, 0) is 48.7 Å². The van der Waals surface area contributed by atoms with E-state index in [0.29, 0.717) is 12.1 Å². The van der Waals surface area contributed by atoms with Crippen LogP contribution in [0.5, 0.6) is 0 Å². The molecule has 7 heteroatoms. The summed E-state index contributed by atoms with van der Waals surface area (Å²) in [6.45, 7) is 1.96. The van der Waals surface area contributed by atoms with Gasteiger partial charge in [0, 0.05) is 5.69 Å². The van der Waals surface area contributed by atoms with Crippen LogP contribution in [-0.4, -0.2) is 17.1 Å². The van der Waals surface area contributed by atoms with Crippen molar-refractivity contribution in [2.75, 3.05) is 4.90 Å². The maximum Gasteiger partial charge on any atom is 0.262 e. The van der Waals surface area contributed by atoms with Crippen LogP contribution in [0.4, 0.5) is 10.1 Å². The van der Waals surface area contributed by atoms with Gasteiger partial charge < -0.3 is 5.73 Å². The Morgan fingerprint density at radius 1 is 1.26 bits per heavy atom. The molecule has 2 aromatic rings. The standard InChI is InChI=1S/C20H16FN3O2S/c1-12-4-2-3-5-13(12)10-17-19(26)24(15-8-6-14(21)7-9-15)20(27-17)16(11-22)18(23)25/h2-9,17H,10H2,1H3,(H2,23,25). The molecule has 0 bridgehead atoms. The summed E-state index contributed by atoms with van der Waals surface area (Å²) in [6, 6.07) is 14.8. The Balaban J connectivity index is 2.05. The van der Waals surface area contributed by atoms with E-state index < -0.39 is 17.0 Å². The van der Waals surface area contributed by atoms with E-state index in [9.17, 15) is 19.2 Å². The van der Waals surface area contributed by atoms with Gasteiger partial charge in [-0.3, -0.25) is 14.5 Å². The molecule has 1 aliphatic heterocycles. The van der Waals surface area contributed by atoms with Crippen molar-refractivity contribution < 1.29 is 14.0 Å². The topological polar surface area (TPSA) is 87.2 Å². The average molecular weight is 381 g/mol. The summed E-state index contributed by atoms with van der Waals surface area (Å²) in [6.07, 6.45) is 0.439. The molecule has 1 heterocycles. The minimum absolute atomic E-state index is 0.181. The number of carbonyl (C=O) groups excluding carboxylic acids is 2. The fourth-order valence-electron chi connectivity index (χ4n) is 2.86. The third kappa shape index (κ3) is 3.71. The maximum atomic E-state index is 13.3. The van der Waals surface area contributed by atoms with Crippen LogP contribution in [0.3, 0.4) is 0 Å². The molecule has 2 amide bonds. The minimum atomic E-state index is -0.906. The molecule has 0 saturated carbocycles. The molecule has 1 aliphatic rings. The van der Waals surface area contributed by atoms with Crippen molar-refractivity contribution in [1.82, 2.24) is 0 Å². The Morgan fingerprint density at radius 2 is 1.93 bits per heavy atom. The Morgan fingerprint density at radius 3 is 2.52 bits per heavy atom. The molecule has 1 saturated heterocycles. The van der Waals surface area contributed by atoms with Crippen molar-refractivity contribution in [2.45, 2.75) is 18.6 Å². The summed E-state index contributed by atoms with van der Waals surface area (Å²) in [5, 5.41) is 9.01. The van der Waals surface area contributed by atoms with Gasteiger partial charge in [0.1, 0.15) is 22.5 Å². The van der Waals surface area contributed by atoms with Crippen molar-refractivity contribution in [3.63, 3.8) is 0 Å². The van der Waals surface area contributed by atoms with Gasteiger partial charge in [0.25, 0.3) is 5.91 Å². The van der Waals surface area contributed by atoms with Gasteiger partial charge in [-0.2, -0.15) is 5.26 Å². The van der Waals surface area contributed by atoms with Gasteiger partial charge in [0.2, 0.25) is 5.91 Å². The highest BCUT2D eigenvalue weighted by atomic mass is 32.2. The second-order valence-electron chi connectivity index (χ2n) is 6.04. The van der Waals surface area contributed by atoms with Gasteiger partial charge in [-0.15, -0.1) is 0 Å². The number of hydrogen-bond donors (Lipinski definition) is 1. The Hall–Kier alpha value is -3.11.